The Morgan fingerprint density at radius 1 is 1.35 bits per heavy atom. The molecule has 0 saturated heterocycles. The molecule has 0 spiro atoms. The lowest BCUT2D eigenvalue weighted by atomic mass is 9.94. The third-order valence-electron chi connectivity index (χ3n) is 3.27. The van der Waals surface area contributed by atoms with Crippen molar-refractivity contribution in [2.75, 3.05) is 0 Å². The van der Waals surface area contributed by atoms with Gasteiger partial charge in [0.1, 0.15) is 0 Å². The lowest BCUT2D eigenvalue weighted by molar-refractivity contribution is -0.384. The molecule has 0 aromatic heterocycles. The maximum Gasteiger partial charge on any atom is 0.270 e. The van der Waals surface area contributed by atoms with E-state index in [1.807, 2.05) is 26.0 Å². The first-order valence-corrected chi connectivity index (χ1v) is 6.42. The Morgan fingerprint density at radius 3 is 2.70 bits per heavy atom. The first kappa shape index (κ1) is 13.9. The van der Waals surface area contributed by atoms with Gasteiger partial charge in [-0.15, -0.1) is 0 Å². The predicted molar refractivity (Wildman–Crippen MR) is 79.9 cm³/mol. The second-order valence-electron chi connectivity index (χ2n) is 4.61. The largest absolute Gasteiger partial charge is 0.298 e. The van der Waals surface area contributed by atoms with E-state index in [1.165, 1.54) is 12.1 Å². The molecule has 0 radical (unpaired) electrons. The van der Waals surface area contributed by atoms with Crippen molar-refractivity contribution >= 4 is 28.3 Å². The third kappa shape index (κ3) is 2.45. The minimum Gasteiger partial charge on any atom is -0.298 e. The van der Waals surface area contributed by atoms with E-state index >= 15 is 0 Å². The molecular formula is C16H15NO3. The van der Waals surface area contributed by atoms with Gasteiger partial charge in [-0.3, -0.25) is 14.9 Å². The van der Waals surface area contributed by atoms with E-state index in [0.717, 1.165) is 22.9 Å². The summed E-state index contributed by atoms with van der Waals surface area (Å²) in [6, 6.07) is 8.41. The summed E-state index contributed by atoms with van der Waals surface area (Å²) in [6.45, 7) is 4.02. The van der Waals surface area contributed by atoms with Crippen LogP contribution in [0.5, 0.6) is 0 Å². The summed E-state index contributed by atoms with van der Waals surface area (Å²) in [5, 5.41) is 12.4. The molecule has 4 heteroatoms. The van der Waals surface area contributed by atoms with Gasteiger partial charge < -0.3 is 0 Å². The zero-order valence-electron chi connectivity index (χ0n) is 11.4. The van der Waals surface area contributed by atoms with Crippen molar-refractivity contribution < 1.29 is 9.72 Å². The highest BCUT2D eigenvalue weighted by Crippen LogP contribution is 2.31. The summed E-state index contributed by atoms with van der Waals surface area (Å²) in [5.41, 5.74) is 2.30. The van der Waals surface area contributed by atoms with Gasteiger partial charge >= 0.3 is 0 Å². The highest BCUT2D eigenvalue weighted by molar-refractivity contribution is 6.05. The van der Waals surface area contributed by atoms with Crippen molar-refractivity contribution in [3.63, 3.8) is 0 Å². The smallest absolute Gasteiger partial charge is 0.270 e. The molecule has 2 rings (SSSR count). The molecule has 0 aliphatic heterocycles. The number of benzene rings is 2. The van der Waals surface area contributed by atoms with Crippen LogP contribution in [-0.2, 0) is 0 Å². The van der Waals surface area contributed by atoms with Crippen LogP contribution in [0.2, 0.25) is 0 Å². The molecule has 4 nitrogen and oxygen atoms in total. The Hall–Kier alpha value is -2.49. The number of carbonyl (C=O) groups excluding carboxylic acids is 1. The number of carbonyl (C=O) groups is 1. The summed E-state index contributed by atoms with van der Waals surface area (Å²) in [4.78, 5) is 21.7. The minimum atomic E-state index is -0.478. The van der Waals surface area contributed by atoms with E-state index in [0.29, 0.717) is 17.2 Å². The minimum absolute atomic E-state index is 0.0612. The number of non-ortho nitro benzene ring substituents is 1. The Morgan fingerprint density at radius 2 is 2.10 bits per heavy atom. The number of rotatable bonds is 4. The summed E-state index contributed by atoms with van der Waals surface area (Å²) < 4.78 is 0. The van der Waals surface area contributed by atoms with Crippen molar-refractivity contribution in [1.82, 2.24) is 0 Å². The molecule has 0 bridgehead atoms. The van der Waals surface area contributed by atoms with Gasteiger partial charge in [0.2, 0.25) is 0 Å². The van der Waals surface area contributed by atoms with Gasteiger partial charge in [0, 0.05) is 23.1 Å². The van der Waals surface area contributed by atoms with E-state index in [9.17, 15) is 14.9 Å². The van der Waals surface area contributed by atoms with Crippen molar-refractivity contribution in [1.29, 1.82) is 0 Å². The molecule has 0 aliphatic carbocycles. The van der Waals surface area contributed by atoms with E-state index in [2.05, 4.69) is 6.08 Å². The van der Waals surface area contributed by atoms with Gasteiger partial charge in [-0.2, -0.15) is 0 Å². The molecule has 0 aliphatic rings. The lowest BCUT2D eigenvalue weighted by Gasteiger charge is -2.09. The molecule has 0 atom stereocenters. The number of fused-ring (bicyclic) bond motifs is 1. The number of nitro groups is 1. The number of hydrogen-bond acceptors (Lipinski definition) is 3. The van der Waals surface area contributed by atoms with E-state index in [4.69, 9.17) is 0 Å². The van der Waals surface area contributed by atoms with Crippen LogP contribution in [0.3, 0.4) is 0 Å². The van der Waals surface area contributed by atoms with Crippen LogP contribution in [0.4, 0.5) is 5.69 Å². The number of aldehydes is 1. The number of hydrogen-bond donors (Lipinski definition) is 0. The summed E-state index contributed by atoms with van der Waals surface area (Å²) in [6.07, 6.45) is 3.65. The van der Waals surface area contributed by atoms with Gasteiger partial charge in [0.25, 0.3) is 5.69 Å². The summed E-state index contributed by atoms with van der Waals surface area (Å²) >= 11 is 0. The lowest BCUT2D eigenvalue weighted by Crippen LogP contribution is -1.94. The average Bonchev–Trinajstić information content (AvgIpc) is 2.45. The van der Waals surface area contributed by atoms with E-state index in [-0.39, 0.29) is 5.69 Å². The molecule has 2 aromatic carbocycles. The normalized spacial score (nSPS) is 11.6. The van der Waals surface area contributed by atoms with Crippen molar-refractivity contribution in [2.24, 2.45) is 0 Å². The van der Waals surface area contributed by atoms with Gasteiger partial charge in [-0.05, 0) is 29.9 Å². The van der Waals surface area contributed by atoms with E-state index in [1.54, 1.807) is 6.07 Å². The number of nitro benzene ring substituents is 1. The molecule has 0 heterocycles. The number of allylic oxidation sites excluding steroid dienone is 2. The van der Waals surface area contributed by atoms with Crippen LogP contribution in [0.25, 0.3) is 16.3 Å². The van der Waals surface area contributed by atoms with Gasteiger partial charge in [-0.25, -0.2) is 0 Å². The fourth-order valence-electron chi connectivity index (χ4n) is 2.39. The molecule has 0 saturated carbocycles. The van der Waals surface area contributed by atoms with E-state index < -0.39 is 4.92 Å². The fourth-order valence-corrected chi connectivity index (χ4v) is 2.39. The molecule has 0 fully saturated rings. The second-order valence-corrected chi connectivity index (χ2v) is 4.61. The summed E-state index contributed by atoms with van der Waals surface area (Å²) in [7, 11) is 0. The Balaban J connectivity index is 2.83. The van der Waals surface area contributed by atoms with Gasteiger partial charge in [0.05, 0.1) is 4.92 Å². The zero-order valence-corrected chi connectivity index (χ0v) is 11.4. The maximum atomic E-state index is 11.3. The number of nitrogens with zero attached hydrogens (tertiary/aromatic N) is 1. The van der Waals surface area contributed by atoms with Gasteiger partial charge in [-0.1, -0.05) is 31.2 Å². The van der Waals surface area contributed by atoms with Crippen LogP contribution >= 0.6 is 0 Å². The summed E-state index contributed by atoms with van der Waals surface area (Å²) in [5.74, 6) is 0. The van der Waals surface area contributed by atoms with Gasteiger partial charge in [0.15, 0.2) is 6.29 Å². The van der Waals surface area contributed by atoms with Crippen molar-refractivity contribution in [3.8, 4) is 0 Å². The van der Waals surface area contributed by atoms with Crippen LogP contribution in [-0.4, -0.2) is 11.2 Å². The third-order valence-corrected chi connectivity index (χ3v) is 3.27. The Kier molecular flexibility index (Phi) is 3.94. The topological polar surface area (TPSA) is 60.2 Å². The van der Waals surface area contributed by atoms with Crippen LogP contribution in [0.1, 0.15) is 36.2 Å². The van der Waals surface area contributed by atoms with Crippen LogP contribution in [0.15, 0.2) is 36.4 Å². The van der Waals surface area contributed by atoms with Crippen molar-refractivity contribution in [3.05, 3.63) is 57.6 Å². The van der Waals surface area contributed by atoms with Crippen LogP contribution in [0, 0.1) is 10.1 Å². The molecule has 0 amide bonds. The quantitative estimate of drug-likeness (QED) is 0.470. The maximum absolute atomic E-state index is 11.3. The Labute approximate surface area is 116 Å². The second kappa shape index (κ2) is 5.65. The first-order chi connectivity index (χ1) is 9.58. The molecule has 0 N–H and O–H groups in total. The molecule has 20 heavy (non-hydrogen) atoms. The monoisotopic (exact) mass is 269 g/mol. The molecular weight excluding hydrogens is 254 g/mol. The highest BCUT2D eigenvalue weighted by Gasteiger charge is 2.14. The first-order valence-electron chi connectivity index (χ1n) is 6.42. The average molecular weight is 269 g/mol. The predicted octanol–water partition coefficient (Wildman–Crippen LogP) is 4.37. The molecule has 2 aromatic rings. The highest BCUT2D eigenvalue weighted by atomic mass is 16.6. The standard InChI is InChI=1S/C16H15NO3/c1-3-5-11(2)15-7-4-6-12-8-14(17(19)20)9-13(10-18)16(12)15/h4-10H,3H2,1-2H3/b11-5-. The van der Waals surface area contributed by atoms with Crippen LogP contribution < -0.4 is 0 Å². The zero-order chi connectivity index (χ0) is 14.7. The van der Waals surface area contributed by atoms with Crippen molar-refractivity contribution in [2.45, 2.75) is 20.3 Å². The molecule has 102 valence electrons. The Bertz CT molecular complexity index is 717. The molecule has 0 unspecified atom stereocenters. The SMILES string of the molecule is CC/C=C(/C)c1cccc2cc([N+](=O)[O-])cc(C=O)c12. The fraction of sp³-hybridized carbons (Fsp3) is 0.188.